The lowest BCUT2D eigenvalue weighted by Crippen LogP contribution is -2.25. The highest BCUT2D eigenvalue weighted by Gasteiger charge is 2.07. The fourth-order valence-corrected chi connectivity index (χ4v) is 2.38. The molecule has 24 heavy (non-hydrogen) atoms. The zero-order valence-electron chi connectivity index (χ0n) is 13.8. The predicted octanol–water partition coefficient (Wildman–Crippen LogP) is 3.69. The smallest absolute Gasteiger partial charge is 0.277 e. The topological polar surface area (TPSA) is 59.9 Å². The van der Waals surface area contributed by atoms with Gasteiger partial charge in [0, 0.05) is 0 Å². The molecule has 0 spiro atoms. The monoisotopic (exact) mass is 390 g/mol. The molecule has 0 saturated carbocycles. The molecule has 2 aromatic rings. The number of ether oxygens (including phenoxy) is 2. The van der Waals surface area contributed by atoms with E-state index in [4.69, 9.17) is 9.47 Å². The normalized spacial score (nSPS) is 11.1. The van der Waals surface area contributed by atoms with E-state index >= 15 is 0 Å². The molecule has 1 amide bonds. The van der Waals surface area contributed by atoms with E-state index in [1.807, 2.05) is 38.1 Å². The second-order valence-corrected chi connectivity index (χ2v) is 6.04. The van der Waals surface area contributed by atoms with Crippen molar-refractivity contribution in [3.63, 3.8) is 0 Å². The number of hydrogen-bond acceptors (Lipinski definition) is 4. The lowest BCUT2D eigenvalue weighted by molar-refractivity contribution is -0.123. The van der Waals surface area contributed by atoms with Crippen LogP contribution in [0.5, 0.6) is 11.5 Å². The number of hydrazone groups is 1. The fraction of sp³-hybridized carbons (Fsp3) is 0.222. The molecule has 0 atom stereocenters. The van der Waals surface area contributed by atoms with Gasteiger partial charge in [-0.15, -0.1) is 0 Å². The first-order chi connectivity index (χ1) is 11.5. The van der Waals surface area contributed by atoms with Crippen molar-refractivity contribution in [2.45, 2.75) is 13.8 Å². The molecular formula is C18H19BrN2O3. The van der Waals surface area contributed by atoms with Crippen molar-refractivity contribution in [2.75, 3.05) is 13.7 Å². The van der Waals surface area contributed by atoms with Crippen LogP contribution in [0.15, 0.2) is 52.0 Å². The van der Waals surface area contributed by atoms with Crippen LogP contribution in [0, 0.1) is 6.92 Å². The van der Waals surface area contributed by atoms with Gasteiger partial charge in [0.15, 0.2) is 6.61 Å². The Hall–Kier alpha value is -2.34. The molecule has 0 bridgehead atoms. The van der Waals surface area contributed by atoms with Gasteiger partial charge in [-0.25, -0.2) is 5.43 Å². The van der Waals surface area contributed by atoms with E-state index in [0.29, 0.717) is 16.0 Å². The summed E-state index contributed by atoms with van der Waals surface area (Å²) in [4.78, 5) is 11.9. The summed E-state index contributed by atoms with van der Waals surface area (Å²) in [6.07, 6.45) is 0. The fourth-order valence-electron chi connectivity index (χ4n) is 1.91. The first kappa shape index (κ1) is 18.0. The highest BCUT2D eigenvalue weighted by molar-refractivity contribution is 9.10. The molecule has 126 valence electrons. The standard InChI is InChI=1S/C18H19BrN2O3/c1-12-4-6-14(7-5-12)13(2)20-21-18(22)11-24-17-9-8-15(23-3)10-16(17)19/h4-10H,11H2,1-3H3,(H,21,22)/b20-13+. The molecule has 0 aromatic heterocycles. The van der Waals surface area contributed by atoms with E-state index in [9.17, 15) is 4.79 Å². The Morgan fingerprint density at radius 1 is 1.21 bits per heavy atom. The lowest BCUT2D eigenvalue weighted by Gasteiger charge is -2.09. The third-order valence-electron chi connectivity index (χ3n) is 3.32. The van der Waals surface area contributed by atoms with E-state index in [0.717, 1.165) is 11.3 Å². The molecule has 6 heteroatoms. The number of nitrogens with zero attached hydrogens (tertiary/aromatic N) is 1. The van der Waals surface area contributed by atoms with Crippen molar-refractivity contribution < 1.29 is 14.3 Å². The number of carbonyl (C=O) groups excluding carboxylic acids is 1. The van der Waals surface area contributed by atoms with E-state index in [2.05, 4.69) is 26.5 Å². The molecule has 0 aliphatic rings. The molecular weight excluding hydrogens is 372 g/mol. The Morgan fingerprint density at radius 3 is 2.54 bits per heavy atom. The Bertz CT molecular complexity index is 742. The molecule has 2 aromatic carbocycles. The Morgan fingerprint density at radius 2 is 1.92 bits per heavy atom. The molecule has 1 N–H and O–H groups in total. The van der Waals surface area contributed by atoms with Crippen molar-refractivity contribution in [2.24, 2.45) is 5.10 Å². The number of hydrogen-bond donors (Lipinski definition) is 1. The van der Waals surface area contributed by atoms with Crippen LogP contribution >= 0.6 is 15.9 Å². The molecule has 5 nitrogen and oxygen atoms in total. The minimum Gasteiger partial charge on any atom is -0.497 e. The number of aryl methyl sites for hydroxylation is 1. The highest BCUT2D eigenvalue weighted by Crippen LogP contribution is 2.28. The first-order valence-corrected chi connectivity index (χ1v) is 8.15. The quantitative estimate of drug-likeness (QED) is 0.604. The summed E-state index contributed by atoms with van der Waals surface area (Å²) in [5.41, 5.74) is 5.36. The lowest BCUT2D eigenvalue weighted by atomic mass is 10.1. The van der Waals surface area contributed by atoms with Crippen LogP contribution < -0.4 is 14.9 Å². The minimum absolute atomic E-state index is 0.129. The zero-order valence-corrected chi connectivity index (χ0v) is 15.4. The maximum absolute atomic E-state index is 11.9. The third-order valence-corrected chi connectivity index (χ3v) is 3.94. The first-order valence-electron chi connectivity index (χ1n) is 7.36. The predicted molar refractivity (Wildman–Crippen MR) is 97.7 cm³/mol. The van der Waals surface area contributed by atoms with Gasteiger partial charge in [-0.3, -0.25) is 4.79 Å². The maximum Gasteiger partial charge on any atom is 0.277 e. The number of rotatable bonds is 6. The van der Waals surface area contributed by atoms with Gasteiger partial charge in [0.25, 0.3) is 5.91 Å². The van der Waals surface area contributed by atoms with Crippen LogP contribution in [-0.4, -0.2) is 25.3 Å². The SMILES string of the molecule is COc1ccc(OCC(=O)N/N=C(\C)c2ccc(C)cc2)c(Br)c1. The number of halogens is 1. The number of benzene rings is 2. The number of amides is 1. The average molecular weight is 391 g/mol. The van der Waals surface area contributed by atoms with Crippen LogP contribution in [0.4, 0.5) is 0 Å². The number of methoxy groups -OCH3 is 1. The van der Waals surface area contributed by atoms with Crippen molar-refractivity contribution in [3.05, 3.63) is 58.1 Å². The van der Waals surface area contributed by atoms with Crippen molar-refractivity contribution >= 4 is 27.5 Å². The zero-order chi connectivity index (χ0) is 17.5. The van der Waals surface area contributed by atoms with Gasteiger partial charge in [0.1, 0.15) is 11.5 Å². The summed E-state index contributed by atoms with van der Waals surface area (Å²) >= 11 is 3.37. The van der Waals surface area contributed by atoms with Crippen LogP contribution in [-0.2, 0) is 4.79 Å². The van der Waals surface area contributed by atoms with Gasteiger partial charge in [0.05, 0.1) is 17.3 Å². The Kier molecular flexibility index (Phi) is 6.37. The van der Waals surface area contributed by atoms with Gasteiger partial charge >= 0.3 is 0 Å². The largest absolute Gasteiger partial charge is 0.497 e. The molecule has 2 rings (SSSR count). The number of nitrogens with one attached hydrogen (secondary N) is 1. The van der Waals surface area contributed by atoms with E-state index < -0.39 is 0 Å². The van der Waals surface area contributed by atoms with E-state index in [-0.39, 0.29) is 12.5 Å². The average Bonchev–Trinajstić information content (AvgIpc) is 2.59. The molecule has 0 aliphatic carbocycles. The molecule has 0 saturated heterocycles. The van der Waals surface area contributed by atoms with Gasteiger partial charge in [0.2, 0.25) is 0 Å². The summed E-state index contributed by atoms with van der Waals surface area (Å²) < 4.78 is 11.3. The van der Waals surface area contributed by atoms with Crippen molar-refractivity contribution in [1.29, 1.82) is 0 Å². The molecule has 0 fully saturated rings. The van der Waals surface area contributed by atoms with Crippen molar-refractivity contribution in [3.8, 4) is 11.5 Å². The van der Waals surface area contributed by atoms with Gasteiger partial charge in [-0.05, 0) is 53.5 Å². The van der Waals surface area contributed by atoms with Crippen LogP contribution in [0.25, 0.3) is 0 Å². The Labute approximate surface area is 149 Å². The molecule has 0 radical (unpaired) electrons. The van der Waals surface area contributed by atoms with E-state index in [1.54, 1.807) is 25.3 Å². The highest BCUT2D eigenvalue weighted by atomic mass is 79.9. The molecule has 0 heterocycles. The second-order valence-electron chi connectivity index (χ2n) is 5.18. The van der Waals surface area contributed by atoms with Crippen LogP contribution in [0.1, 0.15) is 18.1 Å². The maximum atomic E-state index is 11.9. The molecule has 0 unspecified atom stereocenters. The minimum atomic E-state index is -0.329. The van der Waals surface area contributed by atoms with Crippen molar-refractivity contribution in [1.82, 2.24) is 5.43 Å². The van der Waals surface area contributed by atoms with E-state index in [1.165, 1.54) is 5.56 Å². The summed E-state index contributed by atoms with van der Waals surface area (Å²) in [5, 5.41) is 4.09. The third kappa shape index (κ3) is 5.09. The second kappa shape index (κ2) is 8.49. The number of carbonyl (C=O) groups is 1. The Balaban J connectivity index is 1.89. The van der Waals surface area contributed by atoms with Crippen LogP contribution in [0.2, 0.25) is 0 Å². The van der Waals surface area contributed by atoms with Gasteiger partial charge < -0.3 is 9.47 Å². The summed E-state index contributed by atoms with van der Waals surface area (Å²) in [6, 6.07) is 13.2. The van der Waals surface area contributed by atoms with Gasteiger partial charge in [-0.2, -0.15) is 5.10 Å². The summed E-state index contributed by atoms with van der Waals surface area (Å²) in [7, 11) is 1.59. The summed E-state index contributed by atoms with van der Waals surface area (Å²) in [6.45, 7) is 3.73. The molecule has 0 aliphatic heterocycles. The summed E-state index contributed by atoms with van der Waals surface area (Å²) in [5.74, 6) is 0.936. The van der Waals surface area contributed by atoms with Gasteiger partial charge in [-0.1, -0.05) is 29.8 Å². The van der Waals surface area contributed by atoms with Crippen LogP contribution in [0.3, 0.4) is 0 Å².